The van der Waals surface area contributed by atoms with Crippen LogP contribution in [0.5, 0.6) is 0 Å². The minimum atomic E-state index is -0.823. The molecule has 1 aliphatic heterocycles. The van der Waals surface area contributed by atoms with Gasteiger partial charge in [-0.2, -0.15) is 0 Å². The van der Waals surface area contributed by atoms with Crippen molar-refractivity contribution in [2.45, 2.75) is 12.8 Å². The molecule has 1 aliphatic rings. The zero-order valence-corrected chi connectivity index (χ0v) is 10.8. The highest BCUT2D eigenvalue weighted by Crippen LogP contribution is 2.11. The normalized spacial score (nSPS) is 14.5. The Morgan fingerprint density at radius 3 is 2.45 bits per heavy atom. The summed E-state index contributed by atoms with van der Waals surface area (Å²) in [6.07, 6.45) is 0.669. The maximum atomic E-state index is 11.3. The van der Waals surface area contributed by atoms with Gasteiger partial charge in [0.2, 0.25) is 6.41 Å². The predicted molar refractivity (Wildman–Crippen MR) is 62.9 cm³/mol. The molecule has 20 heavy (non-hydrogen) atoms. The van der Waals surface area contributed by atoms with Crippen LogP contribution in [0.4, 0.5) is 0 Å². The van der Waals surface area contributed by atoms with Crippen molar-refractivity contribution in [2.75, 3.05) is 33.0 Å². The molecule has 1 N–H and O–H groups in total. The Hall–Kier alpha value is -2.00. The molecule has 9 heteroatoms. The van der Waals surface area contributed by atoms with E-state index < -0.39 is 17.8 Å². The summed E-state index contributed by atoms with van der Waals surface area (Å²) in [6, 6.07) is 0. The number of carbonyl (C=O) groups excluding carboxylic acids is 4. The molecule has 9 nitrogen and oxygen atoms in total. The Kier molecular flexibility index (Phi) is 7.22. The first kappa shape index (κ1) is 16.1. The van der Waals surface area contributed by atoms with Gasteiger partial charge in [0, 0.05) is 19.4 Å². The van der Waals surface area contributed by atoms with Gasteiger partial charge in [0.15, 0.2) is 0 Å². The number of imide groups is 1. The van der Waals surface area contributed by atoms with Gasteiger partial charge in [0.05, 0.1) is 19.8 Å². The molecule has 0 aromatic heterocycles. The summed E-state index contributed by atoms with van der Waals surface area (Å²) >= 11 is 0. The van der Waals surface area contributed by atoms with Crippen molar-refractivity contribution in [3.63, 3.8) is 0 Å². The summed E-state index contributed by atoms with van der Waals surface area (Å²) in [4.78, 5) is 48.1. The Balaban J connectivity index is 2.01. The SMILES string of the molecule is O=CNCCOCCOCC(=O)ON1C(=O)CCC1=O. The quantitative estimate of drug-likeness (QED) is 0.292. The van der Waals surface area contributed by atoms with E-state index in [0.717, 1.165) is 0 Å². The monoisotopic (exact) mass is 288 g/mol. The number of amides is 3. The predicted octanol–water partition coefficient (Wildman–Crippen LogP) is -1.63. The molecule has 0 aromatic rings. The number of nitrogens with zero attached hydrogens (tertiary/aromatic N) is 1. The van der Waals surface area contributed by atoms with Crippen molar-refractivity contribution in [3.05, 3.63) is 0 Å². The highest BCUT2D eigenvalue weighted by atomic mass is 16.7. The maximum absolute atomic E-state index is 11.3. The summed E-state index contributed by atoms with van der Waals surface area (Å²) < 4.78 is 10.0. The van der Waals surface area contributed by atoms with E-state index >= 15 is 0 Å². The number of hydroxylamine groups is 2. The highest BCUT2D eigenvalue weighted by Gasteiger charge is 2.32. The van der Waals surface area contributed by atoms with Crippen molar-refractivity contribution in [2.24, 2.45) is 0 Å². The van der Waals surface area contributed by atoms with Crippen molar-refractivity contribution in [3.8, 4) is 0 Å². The van der Waals surface area contributed by atoms with Crippen LogP contribution in [0.15, 0.2) is 0 Å². The molecule has 112 valence electrons. The van der Waals surface area contributed by atoms with Crippen LogP contribution in [0.1, 0.15) is 12.8 Å². The minimum Gasteiger partial charge on any atom is -0.377 e. The van der Waals surface area contributed by atoms with E-state index in [-0.39, 0.29) is 32.7 Å². The molecule has 3 amide bonds. The van der Waals surface area contributed by atoms with E-state index in [2.05, 4.69) is 10.2 Å². The summed E-state index contributed by atoms with van der Waals surface area (Å²) in [5.41, 5.74) is 0. The second kappa shape index (κ2) is 8.99. The number of nitrogens with one attached hydrogen (secondary N) is 1. The molecule has 0 aromatic carbocycles. The minimum absolute atomic E-state index is 0.0512. The third-order valence-electron chi connectivity index (χ3n) is 2.26. The Bertz CT molecular complexity index is 356. The van der Waals surface area contributed by atoms with Crippen molar-refractivity contribution >= 4 is 24.2 Å². The molecule has 0 bridgehead atoms. The molecule has 0 saturated carbocycles. The third kappa shape index (κ3) is 5.76. The van der Waals surface area contributed by atoms with Gasteiger partial charge in [-0.1, -0.05) is 0 Å². The van der Waals surface area contributed by atoms with Gasteiger partial charge >= 0.3 is 5.97 Å². The van der Waals surface area contributed by atoms with Gasteiger partial charge in [-0.3, -0.25) is 14.4 Å². The van der Waals surface area contributed by atoms with Gasteiger partial charge in [-0.15, -0.1) is 5.06 Å². The molecule has 1 saturated heterocycles. The molecule has 1 rings (SSSR count). The van der Waals surface area contributed by atoms with Crippen LogP contribution in [0.2, 0.25) is 0 Å². The highest BCUT2D eigenvalue weighted by molar-refractivity contribution is 6.01. The van der Waals surface area contributed by atoms with Crippen molar-refractivity contribution < 1.29 is 33.5 Å². The van der Waals surface area contributed by atoms with E-state index in [9.17, 15) is 19.2 Å². The van der Waals surface area contributed by atoms with Crippen LogP contribution >= 0.6 is 0 Å². The van der Waals surface area contributed by atoms with Gasteiger partial charge in [0.1, 0.15) is 6.61 Å². The first-order valence-electron chi connectivity index (χ1n) is 6.04. The molecule has 1 fully saturated rings. The molecule has 0 radical (unpaired) electrons. The second-order valence-electron chi connectivity index (χ2n) is 3.78. The van der Waals surface area contributed by atoms with Crippen LogP contribution in [-0.4, -0.2) is 62.2 Å². The largest absolute Gasteiger partial charge is 0.377 e. The molecular formula is C11H16N2O7. The van der Waals surface area contributed by atoms with Crippen LogP contribution in [0, 0.1) is 0 Å². The smallest absolute Gasteiger partial charge is 0.358 e. The fourth-order valence-corrected chi connectivity index (χ4v) is 1.35. The first-order valence-corrected chi connectivity index (χ1v) is 6.04. The molecule has 0 unspecified atom stereocenters. The summed E-state index contributed by atoms with van der Waals surface area (Å²) in [6.45, 7) is 0.745. The van der Waals surface area contributed by atoms with E-state index in [1.807, 2.05) is 0 Å². The maximum Gasteiger partial charge on any atom is 0.358 e. The van der Waals surface area contributed by atoms with E-state index in [4.69, 9.17) is 9.47 Å². The fourth-order valence-electron chi connectivity index (χ4n) is 1.35. The van der Waals surface area contributed by atoms with Crippen molar-refractivity contribution in [1.82, 2.24) is 10.4 Å². The topological polar surface area (TPSA) is 111 Å². The Morgan fingerprint density at radius 2 is 1.80 bits per heavy atom. The number of rotatable bonds is 10. The molecule has 0 spiro atoms. The standard InChI is InChI=1S/C11H16N2O7/c14-8-12-3-4-18-5-6-19-7-11(17)20-13-9(15)1-2-10(13)16/h8H,1-7H2,(H,12,14). The number of hydrogen-bond donors (Lipinski definition) is 1. The zero-order chi connectivity index (χ0) is 14.8. The Morgan fingerprint density at radius 1 is 1.15 bits per heavy atom. The third-order valence-corrected chi connectivity index (χ3v) is 2.26. The second-order valence-corrected chi connectivity index (χ2v) is 3.78. The number of ether oxygens (including phenoxy) is 2. The molecule has 0 atom stereocenters. The molecule has 0 aliphatic carbocycles. The molecule has 1 heterocycles. The van der Waals surface area contributed by atoms with Crippen molar-refractivity contribution in [1.29, 1.82) is 0 Å². The van der Waals surface area contributed by atoms with E-state index in [1.54, 1.807) is 0 Å². The molecular weight excluding hydrogens is 272 g/mol. The van der Waals surface area contributed by atoms with Gasteiger partial charge in [0.25, 0.3) is 11.8 Å². The lowest BCUT2D eigenvalue weighted by Crippen LogP contribution is -2.33. The Labute approximate surface area is 115 Å². The average molecular weight is 288 g/mol. The van der Waals surface area contributed by atoms with Gasteiger partial charge in [-0.05, 0) is 0 Å². The lowest BCUT2D eigenvalue weighted by atomic mass is 10.4. The summed E-state index contributed by atoms with van der Waals surface area (Å²) in [5, 5.41) is 2.88. The van der Waals surface area contributed by atoms with Gasteiger partial charge in [-0.25, -0.2) is 4.79 Å². The van der Waals surface area contributed by atoms with E-state index in [1.165, 1.54) is 0 Å². The summed E-state index contributed by atoms with van der Waals surface area (Å²) in [7, 11) is 0. The average Bonchev–Trinajstić information content (AvgIpc) is 2.73. The lowest BCUT2D eigenvalue weighted by Gasteiger charge is -2.12. The lowest BCUT2D eigenvalue weighted by molar-refractivity contribution is -0.200. The summed E-state index contributed by atoms with van der Waals surface area (Å²) in [5.74, 6) is -1.89. The van der Waals surface area contributed by atoms with Crippen LogP contribution < -0.4 is 5.32 Å². The van der Waals surface area contributed by atoms with Crippen LogP contribution in [0.3, 0.4) is 0 Å². The first-order chi connectivity index (χ1) is 9.65. The van der Waals surface area contributed by atoms with Crippen LogP contribution in [-0.2, 0) is 33.5 Å². The van der Waals surface area contributed by atoms with Gasteiger partial charge < -0.3 is 19.6 Å². The van der Waals surface area contributed by atoms with Crippen LogP contribution in [0.25, 0.3) is 0 Å². The number of carbonyl (C=O) groups is 4. The van der Waals surface area contributed by atoms with E-state index in [0.29, 0.717) is 24.6 Å². The number of hydrogen-bond acceptors (Lipinski definition) is 7. The fraction of sp³-hybridized carbons (Fsp3) is 0.636. The zero-order valence-electron chi connectivity index (χ0n) is 10.8.